The lowest BCUT2D eigenvalue weighted by Crippen LogP contribution is -1.77. The standard InChI is InChI=1S/C13H11NS/c1-9-4-6-10-11-3-2-8-14-13(11)15-12(10)7-5-9/h2-9H,1H3/t9-/m0/s1. The van der Waals surface area contributed by atoms with Gasteiger partial charge < -0.3 is 0 Å². The maximum absolute atomic E-state index is 4.39. The largest absolute Gasteiger partial charge is 0.245 e. The number of nitrogens with zero attached hydrogens (tertiary/aromatic N) is 1. The van der Waals surface area contributed by atoms with Gasteiger partial charge in [0.25, 0.3) is 0 Å². The van der Waals surface area contributed by atoms with Gasteiger partial charge in [-0.05, 0) is 24.1 Å². The van der Waals surface area contributed by atoms with Crippen molar-refractivity contribution in [2.45, 2.75) is 6.92 Å². The molecule has 2 aromatic rings. The first-order valence-electron chi connectivity index (χ1n) is 5.08. The van der Waals surface area contributed by atoms with E-state index in [-0.39, 0.29) is 0 Å². The number of pyridine rings is 1. The van der Waals surface area contributed by atoms with Crippen LogP contribution in [0.4, 0.5) is 0 Å². The van der Waals surface area contributed by atoms with Crippen LogP contribution in [0.5, 0.6) is 0 Å². The van der Waals surface area contributed by atoms with Crippen LogP contribution in [-0.2, 0) is 0 Å². The highest BCUT2D eigenvalue weighted by Crippen LogP contribution is 2.33. The molecule has 0 saturated heterocycles. The quantitative estimate of drug-likeness (QED) is 0.645. The van der Waals surface area contributed by atoms with Crippen LogP contribution in [0.2, 0.25) is 0 Å². The molecule has 0 aromatic carbocycles. The molecule has 15 heavy (non-hydrogen) atoms. The van der Waals surface area contributed by atoms with Crippen molar-refractivity contribution in [1.29, 1.82) is 0 Å². The van der Waals surface area contributed by atoms with Crippen molar-refractivity contribution in [3.63, 3.8) is 0 Å². The van der Waals surface area contributed by atoms with E-state index in [4.69, 9.17) is 0 Å². The van der Waals surface area contributed by atoms with E-state index >= 15 is 0 Å². The molecule has 2 heteroatoms. The van der Waals surface area contributed by atoms with Crippen molar-refractivity contribution in [2.75, 3.05) is 0 Å². The Morgan fingerprint density at radius 1 is 1.27 bits per heavy atom. The Morgan fingerprint density at radius 3 is 3.07 bits per heavy atom. The number of allylic oxidation sites excluding steroid dienone is 2. The summed E-state index contributed by atoms with van der Waals surface area (Å²) in [6.07, 6.45) is 10.8. The summed E-state index contributed by atoms with van der Waals surface area (Å²) >= 11 is 1.77. The zero-order chi connectivity index (χ0) is 10.3. The number of thiophene rings is 1. The monoisotopic (exact) mass is 213 g/mol. The zero-order valence-electron chi connectivity index (χ0n) is 8.47. The second-order valence-corrected chi connectivity index (χ2v) is 4.84. The predicted molar refractivity (Wildman–Crippen MR) is 66.9 cm³/mol. The lowest BCUT2D eigenvalue weighted by Gasteiger charge is -1.93. The Morgan fingerprint density at radius 2 is 2.13 bits per heavy atom. The highest BCUT2D eigenvalue weighted by atomic mass is 32.1. The van der Waals surface area contributed by atoms with Crippen LogP contribution >= 0.6 is 11.3 Å². The van der Waals surface area contributed by atoms with Crippen molar-refractivity contribution < 1.29 is 0 Å². The van der Waals surface area contributed by atoms with Crippen LogP contribution in [0, 0.1) is 5.92 Å². The van der Waals surface area contributed by atoms with Crippen LogP contribution in [0.15, 0.2) is 30.5 Å². The molecule has 0 radical (unpaired) electrons. The van der Waals surface area contributed by atoms with Crippen molar-refractivity contribution in [3.8, 4) is 0 Å². The Hall–Kier alpha value is -1.41. The summed E-state index contributed by atoms with van der Waals surface area (Å²) in [4.78, 5) is 6.84. The van der Waals surface area contributed by atoms with Gasteiger partial charge in [-0.25, -0.2) is 4.98 Å². The highest BCUT2D eigenvalue weighted by molar-refractivity contribution is 7.19. The molecule has 74 valence electrons. The number of hydrogen-bond acceptors (Lipinski definition) is 2. The minimum absolute atomic E-state index is 0.524. The van der Waals surface area contributed by atoms with Gasteiger partial charge in [0.1, 0.15) is 4.83 Å². The third kappa shape index (κ3) is 1.41. The fraction of sp³-hybridized carbons (Fsp3) is 0.154. The number of aromatic nitrogens is 1. The van der Waals surface area contributed by atoms with E-state index in [0.29, 0.717) is 5.92 Å². The predicted octanol–water partition coefficient (Wildman–Crippen LogP) is 3.97. The number of hydrogen-bond donors (Lipinski definition) is 0. The molecular weight excluding hydrogens is 202 g/mol. The van der Waals surface area contributed by atoms with Gasteiger partial charge in [-0.2, -0.15) is 0 Å². The van der Waals surface area contributed by atoms with Gasteiger partial charge in [-0.3, -0.25) is 0 Å². The molecule has 0 fully saturated rings. The van der Waals surface area contributed by atoms with Gasteiger partial charge in [0.2, 0.25) is 0 Å². The first-order chi connectivity index (χ1) is 7.34. The molecule has 0 bridgehead atoms. The maximum Gasteiger partial charge on any atom is 0.124 e. The smallest absolute Gasteiger partial charge is 0.124 e. The number of rotatable bonds is 0. The summed E-state index contributed by atoms with van der Waals surface area (Å²) in [6, 6.07) is 4.15. The summed E-state index contributed by atoms with van der Waals surface area (Å²) in [5.41, 5.74) is 1.32. The second-order valence-electron chi connectivity index (χ2n) is 3.81. The van der Waals surface area contributed by atoms with Crippen molar-refractivity contribution in [2.24, 2.45) is 5.92 Å². The summed E-state index contributed by atoms with van der Waals surface area (Å²) in [6.45, 7) is 2.20. The van der Waals surface area contributed by atoms with E-state index in [2.05, 4.69) is 42.3 Å². The fourth-order valence-corrected chi connectivity index (χ4v) is 2.86. The van der Waals surface area contributed by atoms with E-state index in [1.54, 1.807) is 11.3 Å². The Balaban J connectivity index is 2.33. The molecule has 1 aliphatic rings. The van der Waals surface area contributed by atoms with E-state index < -0.39 is 0 Å². The molecule has 0 saturated carbocycles. The third-order valence-corrected chi connectivity index (χ3v) is 3.75. The normalized spacial score (nSPS) is 19.1. The topological polar surface area (TPSA) is 12.9 Å². The molecular formula is C13H11NS. The summed E-state index contributed by atoms with van der Waals surface area (Å²) in [7, 11) is 0. The molecule has 0 spiro atoms. The highest BCUT2D eigenvalue weighted by Gasteiger charge is 2.10. The average molecular weight is 213 g/mol. The van der Waals surface area contributed by atoms with E-state index in [1.807, 2.05) is 12.3 Å². The molecule has 2 aromatic heterocycles. The molecule has 2 heterocycles. The summed E-state index contributed by atoms with van der Waals surface area (Å²) in [5, 5.41) is 1.27. The van der Waals surface area contributed by atoms with Gasteiger partial charge in [0.15, 0.2) is 0 Å². The van der Waals surface area contributed by atoms with Gasteiger partial charge in [0.05, 0.1) is 0 Å². The molecule has 1 atom stereocenters. The van der Waals surface area contributed by atoms with E-state index in [1.165, 1.54) is 15.8 Å². The Labute approximate surface area is 92.8 Å². The Kier molecular flexibility index (Phi) is 1.96. The van der Waals surface area contributed by atoms with Crippen LogP contribution in [0.1, 0.15) is 17.4 Å². The molecule has 0 aliphatic heterocycles. The first-order valence-corrected chi connectivity index (χ1v) is 5.90. The molecule has 3 rings (SSSR count). The maximum atomic E-state index is 4.39. The summed E-state index contributed by atoms with van der Waals surface area (Å²) < 4.78 is 0. The molecule has 1 aliphatic carbocycles. The van der Waals surface area contributed by atoms with Crippen molar-refractivity contribution in [1.82, 2.24) is 4.98 Å². The minimum Gasteiger partial charge on any atom is -0.245 e. The lowest BCUT2D eigenvalue weighted by atomic mass is 10.1. The molecule has 0 N–H and O–H groups in total. The van der Waals surface area contributed by atoms with Crippen molar-refractivity contribution >= 4 is 33.7 Å². The average Bonchev–Trinajstić information content (AvgIpc) is 2.51. The third-order valence-electron chi connectivity index (χ3n) is 2.65. The molecule has 0 unspecified atom stereocenters. The first kappa shape index (κ1) is 8.86. The van der Waals surface area contributed by atoms with E-state index in [0.717, 1.165) is 4.83 Å². The van der Waals surface area contributed by atoms with Crippen molar-refractivity contribution in [3.05, 3.63) is 40.9 Å². The van der Waals surface area contributed by atoms with Crippen LogP contribution < -0.4 is 0 Å². The van der Waals surface area contributed by atoms with Crippen LogP contribution in [0.25, 0.3) is 22.4 Å². The molecule has 1 nitrogen and oxygen atoms in total. The van der Waals surface area contributed by atoms with Crippen LogP contribution in [0.3, 0.4) is 0 Å². The number of fused-ring (bicyclic) bond motifs is 3. The SMILES string of the molecule is C[C@@H]1C=Cc2sc3ncccc3c2C=C1. The van der Waals surface area contributed by atoms with Gasteiger partial charge in [0, 0.05) is 22.0 Å². The fourth-order valence-electron chi connectivity index (χ4n) is 1.82. The molecule has 0 amide bonds. The minimum atomic E-state index is 0.524. The van der Waals surface area contributed by atoms with Gasteiger partial charge >= 0.3 is 0 Å². The second kappa shape index (κ2) is 3.31. The van der Waals surface area contributed by atoms with E-state index in [9.17, 15) is 0 Å². The Bertz CT molecular complexity index is 563. The summed E-state index contributed by atoms with van der Waals surface area (Å²) in [5.74, 6) is 0.524. The van der Waals surface area contributed by atoms with Crippen LogP contribution in [-0.4, -0.2) is 4.98 Å². The lowest BCUT2D eigenvalue weighted by molar-refractivity contribution is 0.954. The zero-order valence-corrected chi connectivity index (χ0v) is 9.29. The van der Waals surface area contributed by atoms with Gasteiger partial charge in [-0.1, -0.05) is 25.2 Å². The van der Waals surface area contributed by atoms with Gasteiger partial charge in [-0.15, -0.1) is 11.3 Å².